The monoisotopic (exact) mass is 602 g/mol. The summed E-state index contributed by atoms with van der Waals surface area (Å²) in [6.45, 7) is 17.9. The predicted octanol–water partition coefficient (Wildman–Crippen LogP) is 7.11. The first kappa shape index (κ1) is 30.6. The van der Waals surface area contributed by atoms with Gasteiger partial charge in [-0.25, -0.2) is 19.6 Å². The number of rotatable bonds is 4. The van der Waals surface area contributed by atoms with E-state index in [0.29, 0.717) is 59.2 Å². The van der Waals surface area contributed by atoms with Crippen LogP contribution in [0.15, 0.2) is 24.8 Å². The van der Waals surface area contributed by atoms with E-state index in [2.05, 4.69) is 21.9 Å². The van der Waals surface area contributed by atoms with E-state index < -0.39 is 28.9 Å². The molecule has 0 saturated carbocycles. The van der Waals surface area contributed by atoms with Gasteiger partial charge in [0.15, 0.2) is 11.5 Å². The second-order valence-corrected chi connectivity index (χ2v) is 13.1. The number of aromatic nitrogens is 4. The number of ether oxygens (including phenoxy) is 2. The van der Waals surface area contributed by atoms with E-state index in [4.69, 9.17) is 42.6 Å². The maximum absolute atomic E-state index is 13.3. The van der Waals surface area contributed by atoms with Crippen molar-refractivity contribution in [2.75, 3.05) is 18.0 Å². The second-order valence-electron chi connectivity index (χ2n) is 12.3. The quantitative estimate of drug-likeness (QED) is 0.336. The van der Waals surface area contributed by atoms with Gasteiger partial charge in [-0.15, -0.1) is 4.68 Å². The molecule has 1 aromatic carbocycles. The summed E-state index contributed by atoms with van der Waals surface area (Å²) in [5.41, 5.74) is 0.121. The summed E-state index contributed by atoms with van der Waals surface area (Å²) in [6, 6.07) is 5.16. The van der Waals surface area contributed by atoms with Crippen molar-refractivity contribution in [2.24, 2.45) is 0 Å². The van der Waals surface area contributed by atoms with Crippen molar-refractivity contribution in [3.8, 4) is 11.3 Å². The molecule has 0 atom stereocenters. The normalized spacial score (nSPS) is 15.5. The number of hydrogen-bond donors (Lipinski definition) is 1. The number of carbonyl (C=O) groups excluding carboxylic acids is 2. The number of alkyl carbamates (subject to hydrolysis) is 1. The first-order valence-electron chi connectivity index (χ1n) is 13.4. The van der Waals surface area contributed by atoms with Crippen molar-refractivity contribution in [1.82, 2.24) is 25.1 Å². The van der Waals surface area contributed by atoms with E-state index in [-0.39, 0.29) is 10.7 Å². The van der Waals surface area contributed by atoms with E-state index >= 15 is 0 Å². The van der Waals surface area contributed by atoms with Crippen molar-refractivity contribution in [3.05, 3.63) is 40.5 Å². The molecular weight excluding hydrogens is 567 g/mol. The molecule has 220 valence electrons. The lowest BCUT2D eigenvalue weighted by molar-refractivity contribution is 0.0446. The summed E-state index contributed by atoms with van der Waals surface area (Å²) in [5, 5.41) is 8.19. The number of anilines is 1. The highest BCUT2D eigenvalue weighted by Crippen LogP contribution is 2.37. The Hall–Kier alpha value is -3.37. The third-order valence-electron chi connectivity index (χ3n) is 6.45. The van der Waals surface area contributed by atoms with Gasteiger partial charge in [0.25, 0.3) is 0 Å². The SMILES string of the molecule is C=Cc1nc2c(-c3cccc(Cl)c3Cl)nn(C(=O)OC(C)(C)C)c2nc1N1CCC(C)(NC(=O)OC(C)(C)C)CC1. The minimum absolute atomic E-state index is 0.214. The maximum Gasteiger partial charge on any atom is 0.437 e. The van der Waals surface area contributed by atoms with Gasteiger partial charge >= 0.3 is 12.2 Å². The highest BCUT2D eigenvalue weighted by atomic mass is 35.5. The minimum atomic E-state index is -0.765. The van der Waals surface area contributed by atoms with Crippen LogP contribution in [0.25, 0.3) is 28.5 Å². The van der Waals surface area contributed by atoms with Crippen molar-refractivity contribution in [2.45, 2.75) is 78.0 Å². The molecule has 4 rings (SSSR count). The van der Waals surface area contributed by atoms with Crippen LogP contribution in [0.5, 0.6) is 0 Å². The standard InChI is InChI=1S/C29H36Cl2N6O4/c1-9-19-23(36-15-13-29(8,14-16-36)34-25(38)40-27(2,3)4)33-24-22(32-19)21(17-11-10-12-18(30)20(17)31)35-37(24)26(39)41-28(5,6)7/h9-12H,1,13-16H2,2-8H3,(H,34,38). The Bertz CT molecular complexity index is 1500. The predicted molar refractivity (Wildman–Crippen MR) is 162 cm³/mol. The molecule has 0 aliphatic carbocycles. The fourth-order valence-corrected chi connectivity index (χ4v) is 4.88. The summed E-state index contributed by atoms with van der Waals surface area (Å²) in [7, 11) is 0. The molecule has 1 aliphatic heterocycles. The van der Waals surface area contributed by atoms with E-state index in [9.17, 15) is 9.59 Å². The van der Waals surface area contributed by atoms with Gasteiger partial charge in [0, 0.05) is 24.2 Å². The summed E-state index contributed by atoms with van der Waals surface area (Å²) < 4.78 is 12.2. The second kappa shape index (κ2) is 11.1. The van der Waals surface area contributed by atoms with Crippen LogP contribution in [-0.2, 0) is 9.47 Å². The molecular formula is C29H36Cl2N6O4. The van der Waals surface area contributed by atoms with Crippen LogP contribution < -0.4 is 10.2 Å². The molecule has 1 amide bonds. The Morgan fingerprint density at radius 1 is 1.05 bits per heavy atom. The first-order chi connectivity index (χ1) is 19.0. The van der Waals surface area contributed by atoms with Crippen LogP contribution in [0.2, 0.25) is 10.0 Å². The summed E-state index contributed by atoms with van der Waals surface area (Å²) in [6.07, 6.45) is 1.73. The Morgan fingerprint density at radius 2 is 1.68 bits per heavy atom. The zero-order valence-electron chi connectivity index (χ0n) is 24.5. The van der Waals surface area contributed by atoms with Gasteiger partial charge in [0.05, 0.1) is 10.0 Å². The number of nitrogens with one attached hydrogen (secondary N) is 1. The highest BCUT2D eigenvalue weighted by Gasteiger charge is 2.35. The van der Waals surface area contributed by atoms with Gasteiger partial charge < -0.3 is 19.7 Å². The lowest BCUT2D eigenvalue weighted by atomic mass is 9.89. The van der Waals surface area contributed by atoms with Crippen LogP contribution in [0.4, 0.5) is 15.4 Å². The third-order valence-corrected chi connectivity index (χ3v) is 7.26. The largest absolute Gasteiger partial charge is 0.444 e. The number of carbonyl (C=O) groups is 2. The lowest BCUT2D eigenvalue weighted by Gasteiger charge is -2.40. The number of halogens is 2. The molecule has 0 spiro atoms. The molecule has 2 aromatic heterocycles. The van der Waals surface area contributed by atoms with Gasteiger partial charge in [-0.05, 0) is 73.5 Å². The number of nitrogens with zero attached hydrogens (tertiary/aromatic N) is 5. The Balaban J connectivity index is 1.74. The van der Waals surface area contributed by atoms with Crippen LogP contribution >= 0.6 is 23.2 Å². The summed E-state index contributed by atoms with van der Waals surface area (Å²) in [5.74, 6) is 0.542. The van der Waals surface area contributed by atoms with Crippen LogP contribution in [0, 0.1) is 0 Å². The van der Waals surface area contributed by atoms with Gasteiger partial charge in [-0.2, -0.15) is 5.10 Å². The average Bonchev–Trinajstić information content (AvgIpc) is 3.21. The molecule has 12 heteroatoms. The van der Waals surface area contributed by atoms with Gasteiger partial charge in [-0.1, -0.05) is 41.9 Å². The van der Waals surface area contributed by atoms with Gasteiger partial charge in [0.2, 0.25) is 0 Å². The number of fused-ring (bicyclic) bond motifs is 1. The number of hydrogen-bond acceptors (Lipinski definition) is 8. The third kappa shape index (κ3) is 6.93. The highest BCUT2D eigenvalue weighted by molar-refractivity contribution is 6.43. The zero-order chi connectivity index (χ0) is 30.3. The Kier molecular flexibility index (Phi) is 8.30. The molecule has 3 aromatic rings. The molecule has 1 fully saturated rings. The van der Waals surface area contributed by atoms with Crippen LogP contribution in [0.3, 0.4) is 0 Å². The Labute approximate surface area is 250 Å². The van der Waals surface area contributed by atoms with E-state index in [0.717, 1.165) is 4.68 Å². The van der Waals surface area contributed by atoms with Crippen molar-refractivity contribution in [3.63, 3.8) is 0 Å². The minimum Gasteiger partial charge on any atom is -0.444 e. The fourth-order valence-electron chi connectivity index (χ4n) is 4.49. The lowest BCUT2D eigenvalue weighted by Crippen LogP contribution is -2.54. The maximum atomic E-state index is 13.3. The molecule has 1 saturated heterocycles. The molecule has 0 radical (unpaired) electrons. The zero-order valence-corrected chi connectivity index (χ0v) is 26.0. The summed E-state index contributed by atoms with van der Waals surface area (Å²) >= 11 is 12.8. The molecule has 1 N–H and O–H groups in total. The molecule has 3 heterocycles. The van der Waals surface area contributed by atoms with Gasteiger partial charge in [0.1, 0.15) is 28.1 Å². The number of piperidine rings is 1. The van der Waals surface area contributed by atoms with Crippen molar-refractivity contribution >= 4 is 58.4 Å². The smallest absolute Gasteiger partial charge is 0.437 e. The molecule has 0 bridgehead atoms. The fraction of sp³-hybridized carbons (Fsp3) is 0.483. The molecule has 10 nitrogen and oxygen atoms in total. The summed E-state index contributed by atoms with van der Waals surface area (Å²) in [4.78, 5) is 37.5. The average molecular weight is 604 g/mol. The molecule has 0 unspecified atom stereocenters. The van der Waals surface area contributed by atoms with E-state index in [1.54, 1.807) is 45.0 Å². The van der Waals surface area contributed by atoms with E-state index in [1.165, 1.54) is 0 Å². The van der Waals surface area contributed by atoms with Crippen LogP contribution in [0.1, 0.15) is 67.0 Å². The number of benzene rings is 1. The van der Waals surface area contributed by atoms with Crippen molar-refractivity contribution < 1.29 is 19.1 Å². The van der Waals surface area contributed by atoms with Crippen molar-refractivity contribution in [1.29, 1.82) is 0 Å². The topological polar surface area (TPSA) is 111 Å². The molecule has 41 heavy (non-hydrogen) atoms. The van der Waals surface area contributed by atoms with Crippen LogP contribution in [-0.4, -0.2) is 61.8 Å². The van der Waals surface area contributed by atoms with Gasteiger partial charge in [-0.3, -0.25) is 0 Å². The Morgan fingerprint density at radius 3 is 2.27 bits per heavy atom. The van der Waals surface area contributed by atoms with E-state index in [1.807, 2.05) is 27.7 Å². The molecule has 1 aliphatic rings. The first-order valence-corrected chi connectivity index (χ1v) is 14.1. The number of amides is 1.